The van der Waals surface area contributed by atoms with Gasteiger partial charge < -0.3 is 4.90 Å². The fourth-order valence-electron chi connectivity index (χ4n) is 2.26. The fraction of sp³-hybridized carbons (Fsp3) is 0.583. The number of likely N-dealkylation sites (tertiary alicyclic amines) is 1. The first-order chi connectivity index (χ1) is 8.89. The van der Waals surface area contributed by atoms with E-state index in [-0.39, 0.29) is 11.9 Å². The Kier molecular flexibility index (Phi) is 4.27. The van der Waals surface area contributed by atoms with Crippen molar-refractivity contribution < 1.29 is 13.2 Å². The molecule has 0 saturated carbocycles. The lowest BCUT2D eigenvalue weighted by Crippen LogP contribution is -2.46. The van der Waals surface area contributed by atoms with Gasteiger partial charge in [-0.15, -0.1) is 11.3 Å². The Morgan fingerprint density at radius 3 is 2.53 bits per heavy atom. The second-order valence-electron chi connectivity index (χ2n) is 4.78. The molecule has 0 atom stereocenters. The normalized spacial score (nSPS) is 17.9. The summed E-state index contributed by atoms with van der Waals surface area (Å²) >= 11 is 1.44. The van der Waals surface area contributed by atoms with Crippen molar-refractivity contribution in [2.24, 2.45) is 0 Å². The van der Waals surface area contributed by atoms with Gasteiger partial charge in [0.1, 0.15) is 0 Å². The second kappa shape index (κ2) is 5.60. The van der Waals surface area contributed by atoms with E-state index in [4.69, 9.17) is 0 Å². The van der Waals surface area contributed by atoms with Gasteiger partial charge in [-0.2, -0.15) is 0 Å². The minimum atomic E-state index is -3.15. The van der Waals surface area contributed by atoms with Crippen LogP contribution in [-0.2, 0) is 10.0 Å². The lowest BCUT2D eigenvalue weighted by molar-refractivity contribution is 0.0691. The van der Waals surface area contributed by atoms with E-state index < -0.39 is 10.0 Å². The van der Waals surface area contributed by atoms with E-state index >= 15 is 0 Å². The number of sulfonamides is 1. The first kappa shape index (κ1) is 14.5. The van der Waals surface area contributed by atoms with Gasteiger partial charge in [-0.25, -0.2) is 12.7 Å². The van der Waals surface area contributed by atoms with Crippen LogP contribution in [-0.4, -0.2) is 56.0 Å². The average Bonchev–Trinajstić information content (AvgIpc) is 2.90. The van der Waals surface area contributed by atoms with Gasteiger partial charge in [0.15, 0.2) is 0 Å². The third-order valence-electron chi connectivity index (χ3n) is 3.52. The molecule has 0 aromatic carbocycles. The molecule has 106 valence electrons. The maximum atomic E-state index is 12.1. The molecule has 0 unspecified atom stereocenters. The van der Waals surface area contributed by atoms with Crippen LogP contribution in [0.1, 0.15) is 22.5 Å². The quantitative estimate of drug-likeness (QED) is 0.844. The van der Waals surface area contributed by atoms with Crippen molar-refractivity contribution in [3.05, 3.63) is 22.4 Å². The van der Waals surface area contributed by atoms with Crippen molar-refractivity contribution in [3.63, 3.8) is 0 Å². The summed E-state index contributed by atoms with van der Waals surface area (Å²) in [5, 5.41) is 1.89. The van der Waals surface area contributed by atoms with Crippen LogP contribution < -0.4 is 0 Å². The van der Waals surface area contributed by atoms with E-state index in [9.17, 15) is 13.2 Å². The molecule has 1 aliphatic heterocycles. The maximum absolute atomic E-state index is 12.1. The molecule has 0 spiro atoms. The topological polar surface area (TPSA) is 57.7 Å². The number of nitrogens with zero attached hydrogens (tertiary/aromatic N) is 2. The minimum absolute atomic E-state index is 0.00221. The molecule has 19 heavy (non-hydrogen) atoms. The van der Waals surface area contributed by atoms with E-state index in [0.717, 1.165) is 4.88 Å². The Hall–Kier alpha value is -0.920. The van der Waals surface area contributed by atoms with Crippen molar-refractivity contribution >= 4 is 27.3 Å². The Morgan fingerprint density at radius 1 is 1.42 bits per heavy atom. The van der Waals surface area contributed by atoms with Crippen LogP contribution in [0, 0.1) is 0 Å². The summed E-state index contributed by atoms with van der Waals surface area (Å²) in [5.41, 5.74) is 0. The van der Waals surface area contributed by atoms with Crippen LogP contribution in [0.2, 0.25) is 0 Å². The third-order valence-corrected chi connectivity index (χ3v) is 5.72. The summed E-state index contributed by atoms with van der Waals surface area (Å²) in [5.74, 6) is 0.0514. The number of hydrogen-bond donors (Lipinski definition) is 0. The van der Waals surface area contributed by atoms with Gasteiger partial charge in [0.25, 0.3) is 5.91 Å². The van der Waals surface area contributed by atoms with Crippen LogP contribution in [0.3, 0.4) is 0 Å². The predicted molar refractivity (Wildman–Crippen MR) is 75.9 cm³/mol. The minimum Gasteiger partial charge on any atom is -0.338 e. The predicted octanol–water partition coefficient (Wildman–Crippen LogP) is 1.24. The van der Waals surface area contributed by atoms with E-state index in [1.54, 1.807) is 11.9 Å². The summed E-state index contributed by atoms with van der Waals surface area (Å²) in [7, 11) is -1.54. The smallest absolute Gasteiger partial charge is 0.263 e. The SMILES string of the molecule is CN(C1CCN(C(=O)c2cccs2)CC1)S(C)(=O)=O. The first-order valence-corrected chi connectivity index (χ1v) is 8.88. The van der Waals surface area contributed by atoms with Crippen LogP contribution in [0.4, 0.5) is 0 Å². The van der Waals surface area contributed by atoms with Gasteiger partial charge in [0, 0.05) is 26.2 Å². The molecule has 2 heterocycles. The lowest BCUT2D eigenvalue weighted by Gasteiger charge is -2.35. The fourth-order valence-corrected chi connectivity index (χ4v) is 3.70. The molecule has 1 aliphatic rings. The first-order valence-electron chi connectivity index (χ1n) is 6.15. The zero-order valence-electron chi connectivity index (χ0n) is 11.1. The molecule has 0 radical (unpaired) electrons. The highest BCUT2D eigenvalue weighted by molar-refractivity contribution is 7.88. The molecule has 1 aromatic heterocycles. The summed E-state index contributed by atoms with van der Waals surface area (Å²) in [6, 6.07) is 3.69. The Morgan fingerprint density at radius 2 is 2.05 bits per heavy atom. The molecule has 1 saturated heterocycles. The number of hydrogen-bond acceptors (Lipinski definition) is 4. The van der Waals surface area contributed by atoms with E-state index in [0.29, 0.717) is 25.9 Å². The molecule has 1 aromatic rings. The maximum Gasteiger partial charge on any atom is 0.263 e. The van der Waals surface area contributed by atoms with Gasteiger partial charge in [-0.05, 0) is 24.3 Å². The van der Waals surface area contributed by atoms with Gasteiger partial charge >= 0.3 is 0 Å². The molecule has 7 heteroatoms. The number of rotatable bonds is 3. The average molecular weight is 302 g/mol. The van der Waals surface area contributed by atoms with Crippen molar-refractivity contribution in [1.82, 2.24) is 9.21 Å². The van der Waals surface area contributed by atoms with Crippen molar-refractivity contribution in [2.75, 3.05) is 26.4 Å². The molecule has 0 N–H and O–H groups in total. The molecule has 0 aliphatic carbocycles. The molecule has 5 nitrogen and oxygen atoms in total. The third kappa shape index (κ3) is 3.34. The van der Waals surface area contributed by atoms with Crippen LogP contribution in [0.15, 0.2) is 17.5 Å². The van der Waals surface area contributed by atoms with Crippen LogP contribution >= 0.6 is 11.3 Å². The number of thiophene rings is 1. The zero-order chi connectivity index (χ0) is 14.0. The summed E-state index contributed by atoms with van der Waals surface area (Å²) in [6.07, 6.45) is 2.61. The van der Waals surface area contributed by atoms with Gasteiger partial charge in [0.05, 0.1) is 11.1 Å². The van der Waals surface area contributed by atoms with Gasteiger partial charge in [-0.1, -0.05) is 6.07 Å². The van der Waals surface area contributed by atoms with Gasteiger partial charge in [0.2, 0.25) is 10.0 Å². The van der Waals surface area contributed by atoms with Crippen LogP contribution in [0.5, 0.6) is 0 Å². The van der Waals surface area contributed by atoms with Crippen LogP contribution in [0.25, 0.3) is 0 Å². The standard InChI is InChI=1S/C12H18N2O3S2/c1-13(19(2,16)17)10-5-7-14(8-6-10)12(15)11-4-3-9-18-11/h3-4,9-10H,5-8H2,1-2H3. The monoisotopic (exact) mass is 302 g/mol. The molecule has 1 amide bonds. The van der Waals surface area contributed by atoms with E-state index in [1.165, 1.54) is 21.9 Å². The summed E-state index contributed by atoms with van der Waals surface area (Å²) in [6.45, 7) is 1.22. The molecule has 0 bridgehead atoms. The highest BCUT2D eigenvalue weighted by Crippen LogP contribution is 2.20. The Balaban J connectivity index is 1.95. The number of carbonyl (C=O) groups is 1. The summed E-state index contributed by atoms with van der Waals surface area (Å²) < 4.78 is 24.4. The van der Waals surface area contributed by atoms with Crippen molar-refractivity contribution in [1.29, 1.82) is 0 Å². The molecular weight excluding hydrogens is 284 g/mol. The highest BCUT2D eigenvalue weighted by atomic mass is 32.2. The van der Waals surface area contributed by atoms with E-state index in [2.05, 4.69) is 0 Å². The highest BCUT2D eigenvalue weighted by Gasteiger charge is 2.29. The molecule has 2 rings (SSSR count). The van der Waals surface area contributed by atoms with Gasteiger partial charge in [-0.3, -0.25) is 4.79 Å². The Labute approximate surface area is 117 Å². The van der Waals surface area contributed by atoms with Crippen molar-refractivity contribution in [2.45, 2.75) is 18.9 Å². The summed E-state index contributed by atoms with van der Waals surface area (Å²) in [4.78, 5) is 14.7. The number of piperidine rings is 1. The molecule has 1 fully saturated rings. The van der Waals surface area contributed by atoms with Crippen molar-refractivity contribution in [3.8, 4) is 0 Å². The zero-order valence-corrected chi connectivity index (χ0v) is 12.7. The number of amides is 1. The second-order valence-corrected chi connectivity index (χ2v) is 7.77. The van der Waals surface area contributed by atoms with E-state index in [1.807, 2.05) is 17.5 Å². The lowest BCUT2D eigenvalue weighted by atomic mass is 10.1. The largest absolute Gasteiger partial charge is 0.338 e. The molecular formula is C12H18N2O3S2. The Bertz CT molecular complexity index is 531. The number of carbonyl (C=O) groups excluding carboxylic acids is 1.